The van der Waals surface area contributed by atoms with Crippen LogP contribution in [0.25, 0.3) is 0 Å². The van der Waals surface area contributed by atoms with E-state index in [1.807, 2.05) is 45.9 Å². The standard InChI is InChI=1S/C22H27NO3.C15H22O2/c1-3-26-21-14-20(24)19(13-18(21)16-7-5-4-6-8-16)23-22(25)17-11-9-15(2)10-12-17;1-3-17-15-10-14(16)11(2)9-13(15)12-7-5-4-6-8-12/h9-14,16,24H,3-8H2,1-2H3,(H,23,25);9-10,12,16H,3-8H2,1-2H3. The molecule has 2 aliphatic rings. The number of hydrogen-bond donors (Lipinski definition) is 3. The molecular weight excluding hydrogens is 538 g/mol. The lowest BCUT2D eigenvalue weighted by Gasteiger charge is -2.25. The van der Waals surface area contributed by atoms with Crippen LogP contribution in [0.3, 0.4) is 0 Å². The number of amides is 1. The zero-order chi connectivity index (χ0) is 30.8. The van der Waals surface area contributed by atoms with Crippen LogP contribution in [-0.2, 0) is 0 Å². The largest absolute Gasteiger partial charge is 0.508 e. The summed E-state index contributed by atoms with van der Waals surface area (Å²) in [6, 6.07) is 14.8. The van der Waals surface area contributed by atoms with Crippen LogP contribution >= 0.6 is 0 Å². The molecule has 3 aromatic carbocycles. The maximum absolute atomic E-state index is 12.5. The molecule has 43 heavy (non-hydrogen) atoms. The van der Waals surface area contributed by atoms with Crippen LogP contribution in [0.15, 0.2) is 48.5 Å². The van der Waals surface area contributed by atoms with Crippen LogP contribution < -0.4 is 14.8 Å². The van der Waals surface area contributed by atoms with Gasteiger partial charge in [-0.05, 0) is 106 Å². The van der Waals surface area contributed by atoms with Gasteiger partial charge in [-0.15, -0.1) is 0 Å². The number of hydrogen-bond acceptors (Lipinski definition) is 5. The predicted octanol–water partition coefficient (Wildman–Crippen LogP) is 9.55. The highest BCUT2D eigenvalue weighted by Crippen LogP contribution is 2.42. The van der Waals surface area contributed by atoms with Gasteiger partial charge in [-0.1, -0.05) is 56.2 Å². The minimum Gasteiger partial charge on any atom is -0.508 e. The third-order valence-corrected chi connectivity index (χ3v) is 8.71. The Morgan fingerprint density at radius 2 is 1.21 bits per heavy atom. The summed E-state index contributed by atoms with van der Waals surface area (Å²) in [5, 5.41) is 23.0. The molecule has 0 saturated heterocycles. The molecule has 5 rings (SSSR count). The van der Waals surface area contributed by atoms with E-state index in [4.69, 9.17) is 9.47 Å². The average molecular weight is 588 g/mol. The van der Waals surface area contributed by atoms with Crippen LogP contribution in [-0.4, -0.2) is 29.3 Å². The van der Waals surface area contributed by atoms with Gasteiger partial charge in [0, 0.05) is 17.7 Å². The lowest BCUT2D eigenvalue weighted by atomic mass is 9.83. The zero-order valence-corrected chi connectivity index (χ0v) is 26.4. The van der Waals surface area contributed by atoms with Crippen molar-refractivity contribution >= 4 is 11.6 Å². The Balaban J connectivity index is 0.000000215. The van der Waals surface area contributed by atoms with E-state index in [2.05, 4.69) is 11.4 Å². The first kappa shape index (κ1) is 32.2. The van der Waals surface area contributed by atoms with Crippen molar-refractivity contribution < 1.29 is 24.5 Å². The molecule has 0 heterocycles. The molecule has 3 aromatic rings. The number of phenolic OH excluding ortho intramolecular Hbond substituents is 2. The molecule has 0 spiro atoms. The van der Waals surface area contributed by atoms with Gasteiger partial charge < -0.3 is 25.0 Å². The SMILES string of the molecule is CCOc1cc(O)c(C)cc1C1CCCCC1.CCOc1cc(O)c(NC(=O)c2ccc(C)cc2)cc1C1CCCCC1. The lowest BCUT2D eigenvalue weighted by Crippen LogP contribution is -2.13. The number of carbonyl (C=O) groups excluding carboxylic acids is 1. The number of carbonyl (C=O) groups is 1. The Bertz CT molecular complexity index is 1340. The lowest BCUT2D eigenvalue weighted by molar-refractivity contribution is 0.102. The van der Waals surface area contributed by atoms with Gasteiger partial charge in [-0.25, -0.2) is 0 Å². The van der Waals surface area contributed by atoms with E-state index in [1.54, 1.807) is 24.3 Å². The van der Waals surface area contributed by atoms with Crippen LogP contribution in [0, 0.1) is 13.8 Å². The normalized spacial score (nSPS) is 15.7. The Morgan fingerprint density at radius 1 is 0.721 bits per heavy atom. The van der Waals surface area contributed by atoms with Crippen molar-refractivity contribution in [3.63, 3.8) is 0 Å². The smallest absolute Gasteiger partial charge is 0.255 e. The van der Waals surface area contributed by atoms with E-state index in [1.165, 1.54) is 56.9 Å². The van der Waals surface area contributed by atoms with Crippen LogP contribution in [0.4, 0.5) is 5.69 Å². The molecule has 2 aliphatic carbocycles. The second kappa shape index (κ2) is 15.7. The van der Waals surface area contributed by atoms with Gasteiger partial charge in [-0.3, -0.25) is 4.79 Å². The van der Waals surface area contributed by atoms with Crippen molar-refractivity contribution in [3.05, 3.63) is 76.3 Å². The molecule has 6 nitrogen and oxygen atoms in total. The Kier molecular flexibility index (Phi) is 11.8. The van der Waals surface area contributed by atoms with Gasteiger partial charge in [0.15, 0.2) is 0 Å². The topological polar surface area (TPSA) is 88.0 Å². The summed E-state index contributed by atoms with van der Waals surface area (Å²) >= 11 is 0. The third-order valence-electron chi connectivity index (χ3n) is 8.71. The first-order valence-electron chi connectivity index (χ1n) is 16.1. The van der Waals surface area contributed by atoms with Crippen molar-refractivity contribution in [2.24, 2.45) is 0 Å². The molecule has 2 saturated carbocycles. The highest BCUT2D eigenvalue weighted by Gasteiger charge is 2.23. The van der Waals surface area contributed by atoms with Crippen LogP contribution in [0.1, 0.15) is 123 Å². The predicted molar refractivity (Wildman–Crippen MR) is 174 cm³/mol. The summed E-state index contributed by atoms with van der Waals surface area (Å²) < 4.78 is 11.4. The number of rotatable bonds is 8. The van der Waals surface area contributed by atoms with Crippen molar-refractivity contribution in [1.82, 2.24) is 0 Å². The minimum absolute atomic E-state index is 0.0356. The van der Waals surface area contributed by atoms with E-state index >= 15 is 0 Å². The molecule has 6 heteroatoms. The quantitative estimate of drug-likeness (QED) is 0.228. The van der Waals surface area contributed by atoms with Gasteiger partial charge in [0.2, 0.25) is 0 Å². The number of aryl methyl sites for hydroxylation is 2. The second-order valence-corrected chi connectivity index (χ2v) is 11.9. The van der Waals surface area contributed by atoms with Gasteiger partial charge in [0.1, 0.15) is 23.0 Å². The molecule has 0 atom stereocenters. The number of anilines is 1. The monoisotopic (exact) mass is 587 g/mol. The molecule has 0 unspecified atom stereocenters. The number of benzene rings is 3. The maximum Gasteiger partial charge on any atom is 0.255 e. The molecular formula is C37H49NO5. The Hall–Kier alpha value is -3.67. The summed E-state index contributed by atoms with van der Waals surface area (Å²) in [7, 11) is 0. The Morgan fingerprint density at radius 3 is 1.72 bits per heavy atom. The third kappa shape index (κ3) is 8.68. The zero-order valence-electron chi connectivity index (χ0n) is 26.4. The fraction of sp³-hybridized carbons (Fsp3) is 0.486. The van der Waals surface area contributed by atoms with E-state index in [-0.39, 0.29) is 11.7 Å². The van der Waals surface area contributed by atoms with Gasteiger partial charge in [-0.2, -0.15) is 0 Å². The fourth-order valence-corrected chi connectivity index (χ4v) is 6.31. The van der Waals surface area contributed by atoms with E-state index in [9.17, 15) is 15.0 Å². The first-order chi connectivity index (χ1) is 20.8. The van der Waals surface area contributed by atoms with Gasteiger partial charge in [0.05, 0.1) is 18.9 Å². The van der Waals surface area contributed by atoms with Crippen molar-refractivity contribution in [1.29, 1.82) is 0 Å². The Labute approximate surface area is 257 Å². The van der Waals surface area contributed by atoms with Crippen molar-refractivity contribution in [3.8, 4) is 23.0 Å². The molecule has 2 fully saturated rings. The highest BCUT2D eigenvalue weighted by molar-refractivity contribution is 6.05. The number of nitrogens with one attached hydrogen (secondary N) is 1. The molecule has 0 aliphatic heterocycles. The van der Waals surface area contributed by atoms with E-state index in [0.29, 0.717) is 42.0 Å². The first-order valence-corrected chi connectivity index (χ1v) is 16.1. The summed E-state index contributed by atoms with van der Waals surface area (Å²) in [6.45, 7) is 9.07. The van der Waals surface area contributed by atoms with Crippen LogP contribution in [0.2, 0.25) is 0 Å². The highest BCUT2D eigenvalue weighted by atomic mass is 16.5. The molecule has 3 N–H and O–H groups in total. The molecule has 0 bridgehead atoms. The fourth-order valence-electron chi connectivity index (χ4n) is 6.31. The average Bonchev–Trinajstić information content (AvgIpc) is 3.02. The summed E-state index contributed by atoms with van der Waals surface area (Å²) in [5.74, 6) is 2.79. The molecule has 232 valence electrons. The number of phenols is 2. The molecule has 1 amide bonds. The summed E-state index contributed by atoms with van der Waals surface area (Å²) in [6.07, 6.45) is 12.4. The summed E-state index contributed by atoms with van der Waals surface area (Å²) in [4.78, 5) is 12.5. The van der Waals surface area contributed by atoms with Crippen LogP contribution in [0.5, 0.6) is 23.0 Å². The van der Waals surface area contributed by atoms with Gasteiger partial charge in [0.25, 0.3) is 5.91 Å². The molecule has 0 radical (unpaired) electrons. The van der Waals surface area contributed by atoms with Crippen molar-refractivity contribution in [2.75, 3.05) is 18.5 Å². The van der Waals surface area contributed by atoms with Gasteiger partial charge >= 0.3 is 0 Å². The number of ether oxygens (including phenoxy) is 2. The minimum atomic E-state index is -0.223. The van der Waals surface area contributed by atoms with E-state index < -0.39 is 0 Å². The van der Waals surface area contributed by atoms with E-state index in [0.717, 1.165) is 41.0 Å². The maximum atomic E-state index is 12.5. The summed E-state index contributed by atoms with van der Waals surface area (Å²) in [5.41, 5.74) is 5.45. The number of aromatic hydroxyl groups is 2. The second-order valence-electron chi connectivity index (χ2n) is 11.9. The van der Waals surface area contributed by atoms with Crippen molar-refractivity contribution in [2.45, 2.75) is 104 Å². The molecule has 0 aromatic heterocycles.